The van der Waals surface area contributed by atoms with Crippen LogP contribution >= 0.6 is 0 Å². The molecular weight excluding hydrogens is 468 g/mol. The maximum Gasteiger partial charge on any atom is 0.418 e. The number of nitrogens with one attached hydrogen (secondary N) is 2. The summed E-state index contributed by atoms with van der Waals surface area (Å²) in [7, 11) is 0. The van der Waals surface area contributed by atoms with Crippen LogP contribution in [0.5, 0.6) is 0 Å². The summed E-state index contributed by atoms with van der Waals surface area (Å²) >= 11 is 0. The van der Waals surface area contributed by atoms with Gasteiger partial charge in [0.1, 0.15) is 5.82 Å². The largest absolute Gasteiger partial charge is 0.418 e. The number of carbonyl (C=O) groups excluding carboxylic acids is 2. The molecule has 0 fully saturated rings. The van der Waals surface area contributed by atoms with Crippen molar-refractivity contribution in [3.8, 4) is 11.5 Å². The van der Waals surface area contributed by atoms with Gasteiger partial charge in [0.2, 0.25) is 0 Å². The predicted octanol–water partition coefficient (Wildman–Crippen LogP) is 5.71. The van der Waals surface area contributed by atoms with E-state index in [1.165, 1.54) is 48.5 Å². The van der Waals surface area contributed by atoms with Gasteiger partial charge in [0, 0.05) is 16.8 Å². The van der Waals surface area contributed by atoms with Gasteiger partial charge >= 0.3 is 6.18 Å². The van der Waals surface area contributed by atoms with Gasteiger partial charge in [-0.05, 0) is 61.5 Å². The quantitative estimate of drug-likeness (QED) is 0.354. The number of aromatic nitrogens is 2. The maximum absolute atomic E-state index is 13.8. The topological polar surface area (TPSA) is 97.1 Å². The molecule has 0 saturated carbocycles. The number of nitrogens with zero attached hydrogens (tertiary/aromatic N) is 2. The molecule has 0 aliphatic rings. The van der Waals surface area contributed by atoms with Crippen molar-refractivity contribution in [2.45, 2.75) is 13.1 Å². The van der Waals surface area contributed by atoms with E-state index in [0.29, 0.717) is 17.5 Å². The molecule has 178 valence electrons. The minimum absolute atomic E-state index is 0.0926. The van der Waals surface area contributed by atoms with Crippen LogP contribution in [0.4, 0.5) is 28.9 Å². The van der Waals surface area contributed by atoms with Crippen LogP contribution in [0.3, 0.4) is 0 Å². The zero-order valence-electron chi connectivity index (χ0n) is 18.0. The molecule has 2 amide bonds. The Kier molecular flexibility index (Phi) is 6.32. The Hall–Kier alpha value is -4.54. The summed E-state index contributed by atoms with van der Waals surface area (Å²) < 4.78 is 59.9. The molecule has 0 spiro atoms. The van der Waals surface area contributed by atoms with Gasteiger partial charge in [-0.15, -0.1) is 0 Å². The molecule has 1 aromatic heterocycles. The molecule has 2 N–H and O–H groups in total. The molecular formula is C24H16F4N4O3. The minimum atomic E-state index is -4.85. The molecule has 1 heterocycles. The molecule has 11 heteroatoms. The predicted molar refractivity (Wildman–Crippen MR) is 118 cm³/mol. The van der Waals surface area contributed by atoms with E-state index in [-0.39, 0.29) is 22.7 Å². The molecule has 0 unspecified atom stereocenters. The fourth-order valence-electron chi connectivity index (χ4n) is 3.18. The van der Waals surface area contributed by atoms with Gasteiger partial charge in [0.25, 0.3) is 17.7 Å². The normalized spacial score (nSPS) is 11.2. The van der Waals surface area contributed by atoms with Gasteiger partial charge < -0.3 is 15.2 Å². The van der Waals surface area contributed by atoms with Crippen molar-refractivity contribution in [1.82, 2.24) is 10.1 Å². The number of carbonyl (C=O) groups is 2. The van der Waals surface area contributed by atoms with E-state index < -0.39 is 35.1 Å². The van der Waals surface area contributed by atoms with Gasteiger partial charge in [-0.3, -0.25) is 9.59 Å². The van der Waals surface area contributed by atoms with Crippen LogP contribution in [0.1, 0.15) is 32.1 Å². The Morgan fingerprint density at radius 2 is 1.63 bits per heavy atom. The van der Waals surface area contributed by atoms with Crippen molar-refractivity contribution >= 4 is 23.2 Å². The second-order valence-corrected chi connectivity index (χ2v) is 7.37. The number of rotatable bonds is 5. The van der Waals surface area contributed by atoms with Crippen LogP contribution in [-0.2, 0) is 6.18 Å². The van der Waals surface area contributed by atoms with Crippen molar-refractivity contribution < 1.29 is 31.7 Å². The van der Waals surface area contributed by atoms with Crippen LogP contribution < -0.4 is 10.6 Å². The zero-order valence-corrected chi connectivity index (χ0v) is 18.0. The van der Waals surface area contributed by atoms with Gasteiger partial charge in [-0.1, -0.05) is 17.3 Å². The van der Waals surface area contributed by atoms with Crippen molar-refractivity contribution in [2.24, 2.45) is 0 Å². The summed E-state index contributed by atoms with van der Waals surface area (Å²) in [6.07, 6.45) is -4.85. The summed E-state index contributed by atoms with van der Waals surface area (Å²) in [5.41, 5.74) is -1.61. The summed E-state index contributed by atoms with van der Waals surface area (Å²) in [5, 5.41) is 8.14. The maximum atomic E-state index is 13.8. The standard InChI is InChI=1S/C24H16F4N4O3/c1-13-29-23(35-32-13)15-8-6-14(7-9-15)21(33)31-20-11-10-16(12-18(20)24(26,27)28)30-22(34)17-4-2-3-5-19(17)25/h2-12H,1H3,(H,30,34)(H,31,33). The molecule has 0 bridgehead atoms. The third-order valence-corrected chi connectivity index (χ3v) is 4.87. The first kappa shape index (κ1) is 23.6. The molecule has 0 radical (unpaired) electrons. The van der Waals surface area contributed by atoms with Crippen molar-refractivity contribution in [3.63, 3.8) is 0 Å². The first-order valence-electron chi connectivity index (χ1n) is 10.1. The highest BCUT2D eigenvalue weighted by atomic mass is 19.4. The van der Waals surface area contributed by atoms with E-state index in [9.17, 15) is 27.2 Å². The molecule has 0 aliphatic heterocycles. The summed E-state index contributed by atoms with van der Waals surface area (Å²) in [6, 6.07) is 13.8. The Labute approximate surface area is 195 Å². The Morgan fingerprint density at radius 1 is 0.914 bits per heavy atom. The number of halogens is 4. The third kappa shape index (κ3) is 5.35. The number of aryl methyl sites for hydroxylation is 1. The van der Waals surface area contributed by atoms with Gasteiger partial charge in [-0.2, -0.15) is 18.2 Å². The fraction of sp³-hybridized carbons (Fsp3) is 0.0833. The van der Waals surface area contributed by atoms with Crippen LogP contribution in [0, 0.1) is 12.7 Å². The van der Waals surface area contributed by atoms with E-state index >= 15 is 0 Å². The molecule has 0 atom stereocenters. The molecule has 4 aromatic rings. The van der Waals surface area contributed by atoms with Crippen molar-refractivity contribution in [2.75, 3.05) is 10.6 Å². The van der Waals surface area contributed by atoms with E-state index in [1.54, 1.807) is 6.92 Å². The zero-order chi connectivity index (χ0) is 25.2. The van der Waals surface area contributed by atoms with Crippen molar-refractivity contribution in [1.29, 1.82) is 0 Å². The monoisotopic (exact) mass is 484 g/mol. The fourth-order valence-corrected chi connectivity index (χ4v) is 3.18. The first-order valence-corrected chi connectivity index (χ1v) is 10.1. The van der Waals surface area contributed by atoms with Crippen LogP contribution in [-0.4, -0.2) is 22.0 Å². The lowest BCUT2D eigenvalue weighted by molar-refractivity contribution is -0.136. The van der Waals surface area contributed by atoms with Crippen LogP contribution in [0.15, 0.2) is 71.3 Å². The van der Waals surface area contributed by atoms with E-state index in [4.69, 9.17) is 4.52 Å². The molecule has 4 rings (SSSR count). The van der Waals surface area contributed by atoms with Crippen molar-refractivity contribution in [3.05, 3.63) is 95.1 Å². The lowest BCUT2D eigenvalue weighted by Crippen LogP contribution is -2.18. The average Bonchev–Trinajstić information content (AvgIpc) is 3.26. The smallest absolute Gasteiger partial charge is 0.334 e. The summed E-state index contributed by atoms with van der Waals surface area (Å²) in [4.78, 5) is 28.9. The van der Waals surface area contributed by atoms with E-state index in [2.05, 4.69) is 20.8 Å². The highest BCUT2D eigenvalue weighted by Crippen LogP contribution is 2.37. The number of alkyl halides is 3. The summed E-state index contributed by atoms with van der Waals surface area (Å²) in [5.74, 6) is -1.85. The Balaban J connectivity index is 1.54. The second-order valence-electron chi connectivity index (χ2n) is 7.37. The lowest BCUT2D eigenvalue weighted by atomic mass is 10.1. The third-order valence-electron chi connectivity index (χ3n) is 4.87. The number of hydrogen-bond acceptors (Lipinski definition) is 5. The van der Waals surface area contributed by atoms with Crippen LogP contribution in [0.25, 0.3) is 11.5 Å². The lowest BCUT2D eigenvalue weighted by Gasteiger charge is -2.16. The number of anilines is 2. The van der Waals surface area contributed by atoms with E-state index in [1.807, 2.05) is 0 Å². The highest BCUT2D eigenvalue weighted by molar-refractivity contribution is 6.06. The molecule has 3 aromatic carbocycles. The number of amides is 2. The molecule has 7 nitrogen and oxygen atoms in total. The minimum Gasteiger partial charge on any atom is -0.334 e. The SMILES string of the molecule is Cc1noc(-c2ccc(C(=O)Nc3ccc(NC(=O)c4ccccc4F)cc3C(F)(F)F)cc2)n1. The first-order chi connectivity index (χ1) is 16.6. The second kappa shape index (κ2) is 9.37. The summed E-state index contributed by atoms with van der Waals surface area (Å²) in [6.45, 7) is 1.64. The van der Waals surface area contributed by atoms with Gasteiger partial charge in [0.05, 0.1) is 16.8 Å². The molecule has 35 heavy (non-hydrogen) atoms. The Morgan fingerprint density at radius 3 is 2.26 bits per heavy atom. The average molecular weight is 484 g/mol. The number of benzene rings is 3. The van der Waals surface area contributed by atoms with E-state index in [0.717, 1.165) is 12.1 Å². The van der Waals surface area contributed by atoms with Gasteiger partial charge in [0.15, 0.2) is 5.82 Å². The molecule has 0 aliphatic carbocycles. The van der Waals surface area contributed by atoms with Crippen LogP contribution in [0.2, 0.25) is 0 Å². The number of hydrogen-bond donors (Lipinski definition) is 2. The molecule has 0 saturated heterocycles. The van der Waals surface area contributed by atoms with Gasteiger partial charge in [-0.25, -0.2) is 4.39 Å². The highest BCUT2D eigenvalue weighted by Gasteiger charge is 2.34. The Bertz CT molecular complexity index is 1400.